The molecule has 3 aromatic rings. The summed E-state index contributed by atoms with van der Waals surface area (Å²) >= 11 is 5.80. The van der Waals surface area contributed by atoms with E-state index >= 15 is 0 Å². The van der Waals surface area contributed by atoms with Crippen molar-refractivity contribution in [1.29, 1.82) is 0 Å². The number of halogens is 4. The fourth-order valence-corrected chi connectivity index (χ4v) is 3.65. The Morgan fingerprint density at radius 3 is 2.42 bits per heavy atom. The zero-order chi connectivity index (χ0) is 18.9. The molecule has 0 spiro atoms. The number of hydrogen-bond donors (Lipinski definition) is 1. The number of nitrogens with one attached hydrogen (secondary N) is 1. The van der Waals surface area contributed by atoms with Gasteiger partial charge in [-0.25, -0.2) is 13.1 Å². The van der Waals surface area contributed by atoms with E-state index in [1.807, 2.05) is 0 Å². The maximum Gasteiger partial charge on any atom is 0.416 e. The van der Waals surface area contributed by atoms with Crippen molar-refractivity contribution < 1.29 is 21.6 Å². The van der Waals surface area contributed by atoms with Crippen molar-refractivity contribution in [3.8, 4) is 5.69 Å². The molecule has 1 N–H and O–H groups in total. The molecule has 0 aliphatic carbocycles. The van der Waals surface area contributed by atoms with Gasteiger partial charge in [-0.15, -0.1) is 0 Å². The number of benzene rings is 2. The van der Waals surface area contributed by atoms with Crippen LogP contribution in [0.1, 0.15) is 5.56 Å². The third kappa shape index (κ3) is 3.65. The Morgan fingerprint density at radius 1 is 1.08 bits per heavy atom. The Hall–Kier alpha value is -2.59. The lowest BCUT2D eigenvalue weighted by Crippen LogP contribution is -2.18. The lowest BCUT2D eigenvalue weighted by molar-refractivity contribution is -0.137. The number of hydrogen-bond acceptors (Lipinski definition) is 4. The highest BCUT2D eigenvalue weighted by Gasteiger charge is 2.33. The molecular formula is C15H10ClF3N4O2S. The average molecular weight is 403 g/mol. The van der Waals surface area contributed by atoms with E-state index in [-0.39, 0.29) is 11.0 Å². The van der Waals surface area contributed by atoms with E-state index in [0.29, 0.717) is 17.8 Å². The SMILES string of the molecule is O=S(=O)(Nc1ncnn1-c1ccccc1)c1cc(C(F)(F)F)ccc1Cl. The van der Waals surface area contributed by atoms with Gasteiger partial charge >= 0.3 is 6.18 Å². The van der Waals surface area contributed by atoms with Crippen LogP contribution in [-0.4, -0.2) is 23.2 Å². The highest BCUT2D eigenvalue weighted by atomic mass is 35.5. The minimum absolute atomic E-state index is 0.190. The minimum atomic E-state index is -4.71. The van der Waals surface area contributed by atoms with Gasteiger partial charge in [-0.2, -0.15) is 27.9 Å². The van der Waals surface area contributed by atoms with Crippen molar-refractivity contribution >= 4 is 27.6 Å². The zero-order valence-electron chi connectivity index (χ0n) is 12.8. The molecule has 0 amide bonds. The van der Waals surface area contributed by atoms with E-state index in [4.69, 9.17) is 11.6 Å². The Balaban J connectivity index is 2.01. The van der Waals surface area contributed by atoms with E-state index in [9.17, 15) is 21.6 Å². The van der Waals surface area contributed by atoms with Crippen LogP contribution in [0.3, 0.4) is 0 Å². The van der Waals surface area contributed by atoms with Crippen molar-refractivity contribution in [3.05, 3.63) is 65.4 Å². The van der Waals surface area contributed by atoms with E-state index in [0.717, 1.165) is 12.4 Å². The largest absolute Gasteiger partial charge is 0.416 e. The maximum absolute atomic E-state index is 12.9. The number of rotatable bonds is 4. The summed E-state index contributed by atoms with van der Waals surface area (Å²) in [6.45, 7) is 0. The second-order valence-corrected chi connectivity index (χ2v) is 7.14. The Bertz CT molecular complexity index is 1040. The van der Waals surface area contributed by atoms with Gasteiger partial charge < -0.3 is 0 Å². The Kier molecular flexibility index (Phi) is 4.63. The predicted octanol–water partition coefficient (Wildman–Crippen LogP) is 3.74. The predicted molar refractivity (Wildman–Crippen MR) is 88.6 cm³/mol. The molecule has 0 atom stereocenters. The molecule has 0 saturated carbocycles. The van der Waals surface area contributed by atoms with Crippen LogP contribution in [0.4, 0.5) is 19.1 Å². The van der Waals surface area contributed by atoms with Crippen molar-refractivity contribution in [3.63, 3.8) is 0 Å². The van der Waals surface area contributed by atoms with Crippen LogP contribution in [0.15, 0.2) is 59.8 Å². The van der Waals surface area contributed by atoms with E-state index in [1.54, 1.807) is 30.3 Å². The van der Waals surface area contributed by atoms with Gasteiger partial charge in [0.25, 0.3) is 10.0 Å². The first-order valence-corrected chi connectivity index (χ1v) is 8.89. The van der Waals surface area contributed by atoms with Gasteiger partial charge in [-0.1, -0.05) is 29.8 Å². The summed E-state index contributed by atoms with van der Waals surface area (Å²) in [7, 11) is -4.43. The topological polar surface area (TPSA) is 76.9 Å². The molecule has 0 unspecified atom stereocenters. The fourth-order valence-electron chi connectivity index (χ4n) is 2.13. The summed E-state index contributed by atoms with van der Waals surface area (Å²) in [6, 6.07) is 10.5. The first kappa shape index (κ1) is 18.2. The normalized spacial score (nSPS) is 12.2. The molecule has 0 radical (unpaired) electrons. The zero-order valence-corrected chi connectivity index (χ0v) is 14.3. The molecule has 3 rings (SSSR count). The average Bonchev–Trinajstić information content (AvgIpc) is 3.02. The number of para-hydroxylation sites is 1. The molecule has 136 valence electrons. The molecule has 1 heterocycles. The minimum Gasteiger partial charge on any atom is -0.247 e. The van der Waals surface area contributed by atoms with Gasteiger partial charge in [0.15, 0.2) is 0 Å². The van der Waals surface area contributed by atoms with Crippen LogP contribution in [-0.2, 0) is 16.2 Å². The molecule has 6 nitrogen and oxygen atoms in total. The van der Waals surface area contributed by atoms with Crippen LogP contribution in [0, 0.1) is 0 Å². The molecular weight excluding hydrogens is 393 g/mol. The highest BCUT2D eigenvalue weighted by molar-refractivity contribution is 7.92. The number of aromatic nitrogens is 3. The summed E-state index contributed by atoms with van der Waals surface area (Å²) in [5.41, 5.74) is -0.621. The van der Waals surface area contributed by atoms with E-state index < -0.39 is 26.7 Å². The first-order valence-electron chi connectivity index (χ1n) is 7.03. The molecule has 0 saturated heterocycles. The molecule has 0 fully saturated rings. The van der Waals surface area contributed by atoms with Crippen LogP contribution in [0.25, 0.3) is 5.69 Å². The molecule has 1 aromatic heterocycles. The summed E-state index contributed by atoms with van der Waals surface area (Å²) in [6.07, 6.45) is -3.60. The lowest BCUT2D eigenvalue weighted by Gasteiger charge is -2.12. The fraction of sp³-hybridized carbons (Fsp3) is 0.0667. The van der Waals surface area contributed by atoms with Crippen LogP contribution in [0.2, 0.25) is 5.02 Å². The second-order valence-electron chi connectivity index (χ2n) is 5.08. The number of nitrogens with zero attached hydrogens (tertiary/aromatic N) is 3. The monoisotopic (exact) mass is 402 g/mol. The summed E-state index contributed by atoms with van der Waals surface area (Å²) in [5.74, 6) is -0.190. The van der Waals surface area contributed by atoms with Crippen LogP contribution >= 0.6 is 11.6 Å². The Morgan fingerprint density at radius 2 is 1.77 bits per heavy atom. The van der Waals surface area contributed by atoms with Gasteiger partial charge in [-0.3, -0.25) is 0 Å². The van der Waals surface area contributed by atoms with Crippen LogP contribution in [0.5, 0.6) is 0 Å². The lowest BCUT2D eigenvalue weighted by atomic mass is 10.2. The molecule has 26 heavy (non-hydrogen) atoms. The number of anilines is 1. The smallest absolute Gasteiger partial charge is 0.247 e. The molecule has 0 aliphatic heterocycles. The second kappa shape index (κ2) is 6.61. The first-order chi connectivity index (χ1) is 12.2. The van der Waals surface area contributed by atoms with E-state index in [1.165, 1.54) is 4.68 Å². The van der Waals surface area contributed by atoms with Crippen LogP contribution < -0.4 is 4.72 Å². The molecule has 2 aromatic carbocycles. The number of alkyl halides is 3. The molecule has 0 bridgehead atoms. The molecule has 11 heteroatoms. The van der Waals surface area contributed by atoms with Gasteiger partial charge in [-0.05, 0) is 30.3 Å². The Labute approximate surface area is 151 Å². The molecule has 0 aliphatic rings. The van der Waals surface area contributed by atoms with Gasteiger partial charge in [0.1, 0.15) is 11.2 Å². The standard InChI is InChI=1S/C15H10ClF3N4O2S/c16-12-7-6-10(15(17,18)19)8-13(12)26(24,25)22-14-20-9-21-23(14)11-4-2-1-3-5-11/h1-9H,(H,20,21,22). The third-order valence-electron chi connectivity index (χ3n) is 3.32. The van der Waals surface area contributed by atoms with E-state index in [2.05, 4.69) is 14.8 Å². The summed E-state index contributed by atoms with van der Waals surface area (Å²) < 4.78 is 67.0. The number of sulfonamides is 1. The third-order valence-corrected chi connectivity index (χ3v) is 5.13. The van der Waals surface area contributed by atoms with Gasteiger partial charge in [0.2, 0.25) is 5.95 Å². The summed E-state index contributed by atoms with van der Waals surface area (Å²) in [4.78, 5) is 3.09. The van der Waals surface area contributed by atoms with Gasteiger partial charge in [0.05, 0.1) is 16.3 Å². The maximum atomic E-state index is 12.9. The highest BCUT2D eigenvalue weighted by Crippen LogP contribution is 2.33. The van der Waals surface area contributed by atoms with Crippen molar-refractivity contribution in [2.24, 2.45) is 0 Å². The quantitative estimate of drug-likeness (QED) is 0.721. The van der Waals surface area contributed by atoms with Crippen molar-refractivity contribution in [1.82, 2.24) is 14.8 Å². The van der Waals surface area contributed by atoms with Crippen molar-refractivity contribution in [2.45, 2.75) is 11.1 Å². The van der Waals surface area contributed by atoms with Crippen molar-refractivity contribution in [2.75, 3.05) is 4.72 Å². The van der Waals surface area contributed by atoms with Gasteiger partial charge in [0, 0.05) is 0 Å². The summed E-state index contributed by atoms with van der Waals surface area (Å²) in [5, 5.41) is 3.56.